The standard InChI is InChI=1S/C29H32O5S.2C2H6/c1-19-9-10-22-17-27-28(33-14-13-32-27)18-24(22)20(2)16-21-11-12-26(31-3)29(25(21)15-19)34-35(30)23-7-5-4-6-8-23;2*1-2/h4-8,11-12,17-20H,9-10,13-16H2,1-3H3;2*1-2H3. The van der Waals surface area contributed by atoms with Crippen molar-refractivity contribution in [1.82, 2.24) is 0 Å². The molecule has 0 aromatic heterocycles. The smallest absolute Gasteiger partial charge is 0.240 e. The summed E-state index contributed by atoms with van der Waals surface area (Å²) in [5, 5.41) is 0. The van der Waals surface area contributed by atoms with E-state index in [0.717, 1.165) is 42.7 Å². The van der Waals surface area contributed by atoms with Crippen molar-refractivity contribution in [3.63, 3.8) is 0 Å². The van der Waals surface area contributed by atoms with Gasteiger partial charge < -0.3 is 18.4 Å². The molecule has 6 heteroatoms. The number of benzene rings is 3. The van der Waals surface area contributed by atoms with Gasteiger partial charge in [0.2, 0.25) is 11.1 Å². The highest BCUT2D eigenvalue weighted by Gasteiger charge is 2.26. The molecule has 5 nitrogen and oxygen atoms in total. The molecule has 0 amide bonds. The average Bonchev–Trinajstić information content (AvgIpc) is 2.99. The summed E-state index contributed by atoms with van der Waals surface area (Å²) in [6, 6.07) is 17.7. The normalized spacial score (nSPS) is 18.4. The van der Waals surface area contributed by atoms with Crippen LogP contribution < -0.4 is 18.4 Å². The summed E-state index contributed by atoms with van der Waals surface area (Å²) in [5.41, 5.74) is 4.94. The highest BCUT2D eigenvalue weighted by atomic mass is 32.2. The van der Waals surface area contributed by atoms with E-state index in [4.69, 9.17) is 18.4 Å². The summed E-state index contributed by atoms with van der Waals surface area (Å²) < 4.78 is 36.7. The van der Waals surface area contributed by atoms with Gasteiger partial charge in [0.25, 0.3) is 0 Å². The zero-order valence-corrected chi connectivity index (χ0v) is 25.4. The summed E-state index contributed by atoms with van der Waals surface area (Å²) in [6.07, 6.45) is 3.67. The minimum absolute atomic E-state index is 0.272. The monoisotopic (exact) mass is 552 g/mol. The van der Waals surface area contributed by atoms with E-state index in [2.05, 4.69) is 32.0 Å². The third kappa shape index (κ3) is 7.36. The average molecular weight is 553 g/mol. The Balaban J connectivity index is 0.00000100. The van der Waals surface area contributed by atoms with Crippen LogP contribution >= 0.6 is 0 Å². The van der Waals surface area contributed by atoms with Crippen molar-refractivity contribution >= 4 is 11.1 Å². The fourth-order valence-corrected chi connectivity index (χ4v) is 5.89. The summed E-state index contributed by atoms with van der Waals surface area (Å²) in [7, 11) is 1.63. The molecule has 0 spiro atoms. The van der Waals surface area contributed by atoms with Gasteiger partial charge in [-0.25, -0.2) is 4.21 Å². The van der Waals surface area contributed by atoms with E-state index >= 15 is 0 Å². The second-order valence-electron chi connectivity index (χ2n) is 9.51. The van der Waals surface area contributed by atoms with Crippen LogP contribution in [0, 0.1) is 5.92 Å². The van der Waals surface area contributed by atoms with E-state index in [1.165, 1.54) is 16.7 Å². The molecule has 212 valence electrons. The fourth-order valence-electron chi connectivity index (χ4n) is 5.08. The Morgan fingerprint density at radius 1 is 0.846 bits per heavy atom. The Morgan fingerprint density at radius 2 is 1.51 bits per heavy atom. The minimum Gasteiger partial charge on any atom is -0.493 e. The van der Waals surface area contributed by atoms with Gasteiger partial charge in [0.1, 0.15) is 13.2 Å². The lowest BCUT2D eigenvalue weighted by Crippen LogP contribution is -2.18. The number of fused-ring (bicyclic) bond motifs is 3. The van der Waals surface area contributed by atoms with Gasteiger partial charge in [0.15, 0.2) is 23.0 Å². The third-order valence-electron chi connectivity index (χ3n) is 6.96. The largest absolute Gasteiger partial charge is 0.493 e. The quantitative estimate of drug-likeness (QED) is 0.327. The molecular weight excluding hydrogens is 508 g/mol. The molecule has 1 heterocycles. The van der Waals surface area contributed by atoms with E-state index < -0.39 is 11.1 Å². The minimum atomic E-state index is -1.63. The van der Waals surface area contributed by atoms with Crippen LogP contribution in [0.1, 0.15) is 76.1 Å². The Bertz CT molecular complexity index is 1220. The summed E-state index contributed by atoms with van der Waals surface area (Å²) >= 11 is -1.63. The topological polar surface area (TPSA) is 54.0 Å². The Labute approximate surface area is 237 Å². The maximum atomic E-state index is 13.1. The molecule has 39 heavy (non-hydrogen) atoms. The lowest BCUT2D eigenvalue weighted by atomic mass is 9.82. The molecule has 0 saturated heterocycles. The third-order valence-corrected chi connectivity index (χ3v) is 7.93. The van der Waals surface area contributed by atoms with Gasteiger partial charge in [-0.3, -0.25) is 0 Å². The van der Waals surface area contributed by atoms with Gasteiger partial charge in [0, 0.05) is 5.56 Å². The Kier molecular flexibility index (Phi) is 11.7. The first-order valence-electron chi connectivity index (χ1n) is 14.3. The van der Waals surface area contributed by atoms with Crippen LogP contribution in [-0.4, -0.2) is 24.5 Å². The molecule has 3 atom stereocenters. The van der Waals surface area contributed by atoms with Crippen LogP contribution in [0.25, 0.3) is 0 Å². The SMILES string of the molecule is CC.CC.COc1ccc2c(c1OS(=O)c1ccccc1)CC(C)CCc1cc3c(cc1C(C)C2)OCCO3. The van der Waals surface area contributed by atoms with E-state index in [-0.39, 0.29) is 5.92 Å². The molecule has 0 saturated carbocycles. The zero-order valence-electron chi connectivity index (χ0n) is 24.5. The summed E-state index contributed by atoms with van der Waals surface area (Å²) in [5.74, 6) is 3.58. The molecule has 1 aliphatic heterocycles. The fraction of sp³-hybridized carbons (Fsp3) is 0.455. The van der Waals surface area contributed by atoms with Crippen LogP contribution in [0.4, 0.5) is 0 Å². The Morgan fingerprint density at radius 3 is 2.18 bits per heavy atom. The van der Waals surface area contributed by atoms with Crippen molar-refractivity contribution in [2.45, 2.75) is 78.0 Å². The van der Waals surface area contributed by atoms with Gasteiger partial charge in [-0.2, -0.15) is 0 Å². The van der Waals surface area contributed by atoms with E-state index in [1.54, 1.807) is 7.11 Å². The van der Waals surface area contributed by atoms with Gasteiger partial charge in [-0.1, -0.05) is 65.8 Å². The van der Waals surface area contributed by atoms with Crippen molar-refractivity contribution in [1.29, 1.82) is 0 Å². The van der Waals surface area contributed by atoms with Crippen LogP contribution in [0.5, 0.6) is 23.0 Å². The number of methoxy groups -OCH3 is 1. The molecule has 1 aliphatic carbocycles. The van der Waals surface area contributed by atoms with Crippen LogP contribution in [-0.2, 0) is 30.3 Å². The highest BCUT2D eigenvalue weighted by Crippen LogP contribution is 2.42. The van der Waals surface area contributed by atoms with Crippen molar-refractivity contribution in [2.24, 2.45) is 5.92 Å². The summed E-state index contributed by atoms with van der Waals surface area (Å²) in [6.45, 7) is 13.7. The van der Waals surface area contributed by atoms with Crippen molar-refractivity contribution in [2.75, 3.05) is 20.3 Å². The van der Waals surface area contributed by atoms with Gasteiger partial charge in [0.05, 0.1) is 12.0 Å². The first-order chi connectivity index (χ1) is 19.0. The second kappa shape index (κ2) is 15.0. The number of ether oxygens (including phenoxy) is 3. The number of hydrogen-bond donors (Lipinski definition) is 0. The first kappa shape index (κ1) is 30.6. The van der Waals surface area contributed by atoms with Crippen LogP contribution in [0.3, 0.4) is 0 Å². The molecule has 0 fully saturated rings. The van der Waals surface area contributed by atoms with E-state index in [1.807, 2.05) is 64.1 Å². The van der Waals surface area contributed by atoms with E-state index in [0.29, 0.717) is 35.5 Å². The van der Waals surface area contributed by atoms with Gasteiger partial charge in [-0.15, -0.1) is 0 Å². The molecule has 2 aliphatic rings. The van der Waals surface area contributed by atoms with Gasteiger partial charge >= 0.3 is 0 Å². The molecule has 5 rings (SSSR count). The number of hydrogen-bond acceptors (Lipinski definition) is 5. The number of aryl methyl sites for hydroxylation is 1. The van der Waals surface area contributed by atoms with Crippen molar-refractivity contribution < 1.29 is 22.6 Å². The Hall–Kier alpha value is -2.99. The second-order valence-corrected chi connectivity index (χ2v) is 10.6. The van der Waals surface area contributed by atoms with Crippen molar-refractivity contribution in [3.8, 4) is 23.0 Å². The molecule has 3 aromatic carbocycles. The molecule has 0 N–H and O–H groups in total. The zero-order chi connectivity index (χ0) is 28.4. The molecule has 0 radical (unpaired) electrons. The van der Waals surface area contributed by atoms with Crippen molar-refractivity contribution in [3.05, 3.63) is 76.9 Å². The molecule has 0 bridgehead atoms. The lowest BCUT2D eigenvalue weighted by molar-refractivity contribution is 0.171. The molecule has 3 aromatic rings. The maximum Gasteiger partial charge on any atom is 0.240 e. The maximum absolute atomic E-state index is 13.1. The molecule has 3 unspecified atom stereocenters. The number of rotatable bonds is 4. The summed E-state index contributed by atoms with van der Waals surface area (Å²) in [4.78, 5) is 0.634. The van der Waals surface area contributed by atoms with Crippen LogP contribution in [0.15, 0.2) is 59.5 Å². The predicted octanol–water partition coefficient (Wildman–Crippen LogP) is 8.09. The molecular formula is C33H44O5S. The highest BCUT2D eigenvalue weighted by molar-refractivity contribution is 7.80. The predicted molar refractivity (Wildman–Crippen MR) is 160 cm³/mol. The first-order valence-corrected chi connectivity index (χ1v) is 15.4. The lowest BCUT2D eigenvalue weighted by Gasteiger charge is -2.27. The van der Waals surface area contributed by atoms with E-state index in [9.17, 15) is 4.21 Å². The van der Waals surface area contributed by atoms with Gasteiger partial charge in [-0.05, 0) is 84.5 Å². The van der Waals surface area contributed by atoms with Crippen LogP contribution in [0.2, 0.25) is 0 Å².